The molecular weight excluding hydrogens is 488 g/mol. The summed E-state index contributed by atoms with van der Waals surface area (Å²) in [6.45, 7) is -0.0875. The van der Waals surface area contributed by atoms with Gasteiger partial charge < -0.3 is 19.9 Å². The number of fused-ring (bicyclic) bond motifs is 1. The highest BCUT2D eigenvalue weighted by Gasteiger charge is 2.29. The second-order valence-corrected chi connectivity index (χ2v) is 10.4. The zero-order valence-electron chi connectivity index (χ0n) is 20.4. The van der Waals surface area contributed by atoms with E-state index < -0.39 is 16.1 Å². The Morgan fingerprint density at radius 1 is 1.22 bits per heavy atom. The van der Waals surface area contributed by atoms with E-state index in [1.54, 1.807) is 20.3 Å². The number of methoxy groups -OCH3 is 2. The Kier molecular flexibility index (Phi) is 8.33. The van der Waals surface area contributed by atoms with E-state index in [1.165, 1.54) is 14.1 Å². The Bertz CT molecular complexity index is 1390. The third kappa shape index (κ3) is 6.21. The third-order valence-electron chi connectivity index (χ3n) is 5.44. The van der Waals surface area contributed by atoms with Crippen LogP contribution in [0, 0.1) is 11.3 Å². The van der Waals surface area contributed by atoms with E-state index in [1.807, 2.05) is 34.1 Å². The Hall–Kier alpha value is -3.89. The molecule has 13 heteroatoms. The topological polar surface area (TPSA) is 159 Å². The Balaban J connectivity index is 0.000000257. The fraction of sp³-hybridized carbons (Fsp3) is 0.391. The molecular formula is C23H28N6O6S. The van der Waals surface area contributed by atoms with E-state index in [9.17, 15) is 13.2 Å². The summed E-state index contributed by atoms with van der Waals surface area (Å²) in [6.07, 6.45) is 1.06. The first-order chi connectivity index (χ1) is 17.1. The number of hydrogen-bond donors (Lipinski definition) is 2. The van der Waals surface area contributed by atoms with Gasteiger partial charge >= 0.3 is 6.09 Å². The summed E-state index contributed by atoms with van der Waals surface area (Å²) in [5.41, 5.74) is 3.00. The summed E-state index contributed by atoms with van der Waals surface area (Å²) in [7, 11) is 2.70. The van der Waals surface area contributed by atoms with Crippen molar-refractivity contribution in [2.45, 2.75) is 18.8 Å². The number of sulfonamides is 1. The van der Waals surface area contributed by atoms with Crippen LogP contribution in [0.5, 0.6) is 11.5 Å². The summed E-state index contributed by atoms with van der Waals surface area (Å²) in [6, 6.07) is 11.4. The van der Waals surface area contributed by atoms with Gasteiger partial charge in [-0.25, -0.2) is 27.0 Å². The molecule has 36 heavy (non-hydrogen) atoms. The van der Waals surface area contributed by atoms with Gasteiger partial charge in [-0.2, -0.15) is 10.4 Å². The molecule has 2 N–H and O–H groups in total. The normalized spacial score (nSPS) is 13.0. The maximum atomic E-state index is 11.0. The molecule has 1 fully saturated rings. The first-order valence-corrected chi connectivity index (χ1v) is 12.6. The number of benzene rings is 1. The Labute approximate surface area is 209 Å². The number of carbonyl (C=O) groups is 1. The molecule has 3 aromatic rings. The maximum Gasteiger partial charge on any atom is 0.404 e. The molecule has 1 aliphatic rings. The first-order valence-electron chi connectivity index (χ1n) is 11.0. The van der Waals surface area contributed by atoms with Gasteiger partial charge in [-0.1, -0.05) is 6.07 Å². The summed E-state index contributed by atoms with van der Waals surface area (Å²) >= 11 is 0. The van der Waals surface area contributed by atoms with Crippen molar-refractivity contribution in [1.82, 2.24) is 24.2 Å². The van der Waals surface area contributed by atoms with Crippen LogP contribution in [0.1, 0.15) is 30.1 Å². The number of ether oxygens (including phenoxy) is 2. The van der Waals surface area contributed by atoms with Crippen LogP contribution < -0.4 is 14.8 Å². The maximum absolute atomic E-state index is 11.0. The number of nitriles is 1. The average Bonchev–Trinajstić information content (AvgIpc) is 3.61. The molecule has 192 valence electrons. The van der Waals surface area contributed by atoms with Crippen LogP contribution in [0.25, 0.3) is 16.9 Å². The van der Waals surface area contributed by atoms with Crippen LogP contribution in [0.4, 0.5) is 4.79 Å². The predicted molar refractivity (Wildman–Crippen MR) is 132 cm³/mol. The number of nitrogens with one attached hydrogen (secondary N) is 1. The van der Waals surface area contributed by atoms with Gasteiger partial charge in [0.05, 0.1) is 31.2 Å². The molecule has 2 aromatic heterocycles. The molecule has 0 unspecified atom stereocenters. The van der Waals surface area contributed by atoms with Crippen LogP contribution in [0.2, 0.25) is 0 Å². The van der Waals surface area contributed by atoms with Crippen molar-refractivity contribution in [3.05, 3.63) is 41.7 Å². The van der Waals surface area contributed by atoms with Gasteiger partial charge in [0.1, 0.15) is 11.8 Å². The second kappa shape index (κ2) is 11.2. The number of amides is 1. The lowest BCUT2D eigenvalue weighted by Gasteiger charge is -2.10. The minimum Gasteiger partial charge on any atom is -0.495 e. The average molecular weight is 517 g/mol. The molecule has 1 aliphatic carbocycles. The molecule has 0 spiro atoms. The number of rotatable bonds is 8. The lowest BCUT2D eigenvalue weighted by atomic mass is 10.1. The highest BCUT2D eigenvalue weighted by molar-refractivity contribution is 7.89. The number of pyridine rings is 1. The molecule has 1 saturated carbocycles. The van der Waals surface area contributed by atoms with Crippen molar-refractivity contribution in [2.75, 3.05) is 40.6 Å². The SMILES string of the molecule is CN(C)S(=O)(=O)CCNC(=O)O.COc1cc(-c2ccc(OC)c3nc(C4CC4)nn23)ccc1C#N. The fourth-order valence-corrected chi connectivity index (χ4v) is 3.99. The van der Waals surface area contributed by atoms with Gasteiger partial charge in [0.25, 0.3) is 0 Å². The van der Waals surface area contributed by atoms with Crippen molar-refractivity contribution in [3.8, 4) is 28.8 Å². The van der Waals surface area contributed by atoms with Gasteiger partial charge in [-0.3, -0.25) is 0 Å². The molecule has 0 atom stereocenters. The molecule has 0 radical (unpaired) electrons. The van der Waals surface area contributed by atoms with Gasteiger partial charge in [-0.15, -0.1) is 0 Å². The quantitative estimate of drug-likeness (QED) is 0.458. The second-order valence-electron chi connectivity index (χ2n) is 8.12. The Morgan fingerprint density at radius 2 is 1.92 bits per heavy atom. The summed E-state index contributed by atoms with van der Waals surface area (Å²) in [5.74, 6) is 2.34. The molecule has 1 amide bonds. The molecule has 4 rings (SSSR count). The number of aromatic nitrogens is 3. The van der Waals surface area contributed by atoms with E-state index in [-0.39, 0.29) is 12.3 Å². The van der Waals surface area contributed by atoms with Crippen molar-refractivity contribution in [3.63, 3.8) is 0 Å². The lowest BCUT2D eigenvalue weighted by molar-refractivity contribution is 0.195. The number of carboxylic acid groups (broad SMARTS) is 1. The van der Waals surface area contributed by atoms with Crippen molar-refractivity contribution >= 4 is 21.8 Å². The van der Waals surface area contributed by atoms with E-state index in [2.05, 4.69) is 16.2 Å². The molecule has 0 aliphatic heterocycles. The largest absolute Gasteiger partial charge is 0.495 e. The number of nitrogens with zero attached hydrogens (tertiary/aromatic N) is 5. The molecule has 12 nitrogen and oxygen atoms in total. The van der Waals surface area contributed by atoms with E-state index in [0.29, 0.717) is 28.6 Å². The smallest absolute Gasteiger partial charge is 0.404 e. The van der Waals surface area contributed by atoms with Crippen molar-refractivity contribution < 1.29 is 27.8 Å². The van der Waals surface area contributed by atoms with Gasteiger partial charge in [-0.05, 0) is 37.1 Å². The van der Waals surface area contributed by atoms with E-state index in [4.69, 9.17) is 19.8 Å². The predicted octanol–water partition coefficient (Wildman–Crippen LogP) is 2.31. The highest BCUT2D eigenvalue weighted by Crippen LogP contribution is 2.39. The summed E-state index contributed by atoms with van der Waals surface area (Å²) in [5, 5.41) is 23.9. The minimum absolute atomic E-state index is 0.0875. The van der Waals surface area contributed by atoms with E-state index in [0.717, 1.165) is 34.2 Å². The Morgan fingerprint density at radius 3 is 2.47 bits per heavy atom. The van der Waals surface area contributed by atoms with Crippen LogP contribution in [-0.2, 0) is 10.0 Å². The summed E-state index contributed by atoms with van der Waals surface area (Å²) < 4.78 is 35.6. The monoisotopic (exact) mass is 516 g/mol. The van der Waals surface area contributed by atoms with Crippen LogP contribution in [0.3, 0.4) is 0 Å². The van der Waals surface area contributed by atoms with Crippen molar-refractivity contribution in [2.24, 2.45) is 0 Å². The molecule has 0 saturated heterocycles. The fourth-order valence-electron chi connectivity index (χ4n) is 3.26. The first kappa shape index (κ1) is 26.7. The van der Waals surface area contributed by atoms with Crippen LogP contribution in [0.15, 0.2) is 30.3 Å². The molecule has 1 aromatic carbocycles. The standard InChI is InChI=1S/C18H16N4O2.C5H12N2O4S/c1-23-15-8-7-14(12-5-6-13(10-19)16(9-12)24-2)22-18(15)20-17(21-22)11-3-4-11;1-7(2)12(10,11)4-3-6-5(8)9/h5-9,11H,3-4H2,1-2H3;6H,3-4H2,1-2H3,(H,8,9). The highest BCUT2D eigenvalue weighted by atomic mass is 32.2. The summed E-state index contributed by atoms with van der Waals surface area (Å²) in [4.78, 5) is 14.6. The van der Waals surface area contributed by atoms with Crippen molar-refractivity contribution in [1.29, 1.82) is 5.26 Å². The van der Waals surface area contributed by atoms with Gasteiger partial charge in [0, 0.05) is 32.1 Å². The van der Waals surface area contributed by atoms with Crippen LogP contribution in [-0.4, -0.2) is 79.1 Å². The number of hydrogen-bond acceptors (Lipinski definition) is 8. The minimum atomic E-state index is -3.29. The van der Waals surface area contributed by atoms with Gasteiger partial charge in [0.15, 0.2) is 17.2 Å². The van der Waals surface area contributed by atoms with E-state index >= 15 is 0 Å². The molecule has 0 bridgehead atoms. The third-order valence-corrected chi connectivity index (χ3v) is 7.27. The van der Waals surface area contributed by atoms with Crippen LogP contribution >= 0.6 is 0 Å². The zero-order valence-corrected chi connectivity index (χ0v) is 21.2. The lowest BCUT2D eigenvalue weighted by Crippen LogP contribution is -2.33. The molecule has 2 heterocycles. The zero-order chi connectivity index (χ0) is 26.5. The van der Waals surface area contributed by atoms with Gasteiger partial charge in [0.2, 0.25) is 10.0 Å².